The maximum Gasteiger partial charge on any atom is 0.504 e. The molecule has 0 N–H and O–H groups in total. The van der Waals surface area contributed by atoms with Crippen LogP contribution in [0.1, 0.15) is 20.8 Å². The quantitative estimate of drug-likeness (QED) is 0.527. The van der Waals surface area contributed by atoms with Gasteiger partial charge in [-0.3, -0.25) is 0 Å². The van der Waals surface area contributed by atoms with E-state index >= 15 is 0 Å². The summed E-state index contributed by atoms with van der Waals surface area (Å²) in [5.41, 5.74) is 2.13. The second-order valence-corrected chi connectivity index (χ2v) is 8.06. The molecule has 0 atom stereocenters. The minimum atomic E-state index is -2.43. The first kappa shape index (κ1) is 15.2. The molecule has 0 saturated heterocycles. The molecular formula is C8H22O4Si3. The smallest absolute Gasteiger partial charge is 0.504 e. The maximum atomic E-state index is 5.69. The van der Waals surface area contributed by atoms with Crippen molar-refractivity contribution in [3.8, 4) is 0 Å². The number of hydrogen-bond donors (Lipinski definition) is 0. The van der Waals surface area contributed by atoms with Gasteiger partial charge >= 0.3 is 8.80 Å². The van der Waals surface area contributed by atoms with E-state index in [-0.39, 0.29) is 9.38 Å². The van der Waals surface area contributed by atoms with Crippen LogP contribution in [0.15, 0.2) is 0 Å². The van der Waals surface area contributed by atoms with Crippen molar-refractivity contribution in [3.05, 3.63) is 0 Å². The van der Waals surface area contributed by atoms with E-state index < -0.39 is 8.80 Å². The van der Waals surface area contributed by atoms with Crippen molar-refractivity contribution in [3.63, 3.8) is 0 Å². The zero-order valence-corrected chi connectivity index (χ0v) is 14.3. The third-order valence-electron chi connectivity index (χ3n) is 1.69. The minimum absolute atomic E-state index is 0.0222. The van der Waals surface area contributed by atoms with Gasteiger partial charge in [0, 0.05) is 25.9 Å². The molecule has 0 aliphatic rings. The molecule has 0 bridgehead atoms. The van der Waals surface area contributed by atoms with Crippen LogP contribution < -0.4 is 0 Å². The zero-order chi connectivity index (χ0) is 11.6. The monoisotopic (exact) mass is 266 g/mol. The van der Waals surface area contributed by atoms with Gasteiger partial charge in [-0.2, -0.15) is 0 Å². The van der Waals surface area contributed by atoms with Crippen molar-refractivity contribution in [2.24, 2.45) is 0 Å². The molecule has 0 aromatic carbocycles. The molecule has 0 aliphatic carbocycles. The molecule has 7 heteroatoms. The van der Waals surface area contributed by atoms with Crippen molar-refractivity contribution >= 4 is 34.3 Å². The first-order chi connectivity index (χ1) is 7.24. The fraction of sp³-hybridized carbons (Fsp3) is 0.875. The third kappa shape index (κ3) is 6.38. The van der Waals surface area contributed by atoms with Crippen LogP contribution >= 0.6 is 0 Å². The Morgan fingerprint density at radius 2 is 1.53 bits per heavy atom. The van der Waals surface area contributed by atoms with Crippen molar-refractivity contribution in [2.75, 3.05) is 19.8 Å². The summed E-state index contributed by atoms with van der Waals surface area (Å²) in [5.74, 6) is 0. The average molecular weight is 267 g/mol. The lowest BCUT2D eigenvalue weighted by atomic mass is 10.9. The molecule has 0 heterocycles. The molecule has 0 saturated carbocycles. The highest BCUT2D eigenvalue weighted by Crippen LogP contribution is 2.13. The highest BCUT2D eigenvalue weighted by molar-refractivity contribution is 6.67. The molecular weight excluding hydrogens is 244 g/mol. The highest BCUT2D eigenvalue weighted by Gasteiger charge is 2.38. The standard InChI is InChI=1S/C8H22O4Si3/c1-4-9-15(10-5-2,11-6-3)8-7-14-12-13/h7,14H,4-6,8H2,1-3,13H3. The lowest BCUT2D eigenvalue weighted by Gasteiger charge is -2.27. The SMILES string of the molecule is CCO[Si](CC=[SiH]O[SiH3])(OCC)OCC. The molecule has 0 amide bonds. The van der Waals surface area contributed by atoms with Crippen LogP contribution in [-0.4, -0.2) is 54.2 Å². The molecule has 0 fully saturated rings. The second kappa shape index (κ2) is 9.43. The van der Waals surface area contributed by atoms with E-state index in [1.54, 1.807) is 0 Å². The minimum Gasteiger partial charge on any atom is -0.614 e. The van der Waals surface area contributed by atoms with Crippen LogP contribution in [0.3, 0.4) is 0 Å². The lowest BCUT2D eigenvalue weighted by molar-refractivity contribution is 0.0756. The first-order valence-electron chi connectivity index (χ1n) is 5.34. The summed E-state index contributed by atoms with van der Waals surface area (Å²) in [6.45, 7) is 7.81. The average Bonchev–Trinajstić information content (AvgIpc) is 2.19. The molecule has 4 nitrogen and oxygen atoms in total. The molecule has 0 aromatic rings. The Kier molecular flexibility index (Phi) is 9.55. The lowest BCUT2D eigenvalue weighted by Crippen LogP contribution is -2.46. The summed E-state index contributed by atoms with van der Waals surface area (Å²) in [6.07, 6.45) is 0. The van der Waals surface area contributed by atoms with Gasteiger partial charge in [-0.1, -0.05) is 5.67 Å². The Hall–Kier alpha value is 0.201. The largest absolute Gasteiger partial charge is 0.614 e. The van der Waals surface area contributed by atoms with Gasteiger partial charge in [0.2, 0.25) is 0 Å². The molecule has 15 heavy (non-hydrogen) atoms. The zero-order valence-electron chi connectivity index (χ0n) is 10.1. The van der Waals surface area contributed by atoms with Gasteiger partial charge in [-0.15, -0.1) is 0 Å². The van der Waals surface area contributed by atoms with E-state index in [1.165, 1.54) is 0 Å². The van der Waals surface area contributed by atoms with Gasteiger partial charge in [0.25, 0.3) is 0 Å². The van der Waals surface area contributed by atoms with E-state index in [0.717, 1.165) is 16.5 Å². The highest BCUT2D eigenvalue weighted by atomic mass is 28.4. The van der Waals surface area contributed by atoms with E-state index in [1.807, 2.05) is 20.8 Å². The summed E-state index contributed by atoms with van der Waals surface area (Å²) in [5, 5.41) is 0. The molecule has 0 aromatic heterocycles. The van der Waals surface area contributed by atoms with Gasteiger partial charge in [0.15, 0.2) is 19.9 Å². The third-order valence-corrected chi connectivity index (χ3v) is 6.60. The predicted molar refractivity (Wildman–Crippen MR) is 69.7 cm³/mol. The molecule has 0 radical (unpaired) electrons. The van der Waals surface area contributed by atoms with E-state index in [4.69, 9.17) is 17.4 Å². The predicted octanol–water partition coefficient (Wildman–Crippen LogP) is -0.515. The van der Waals surface area contributed by atoms with Crippen LogP contribution in [0.5, 0.6) is 0 Å². The van der Waals surface area contributed by atoms with Gasteiger partial charge in [-0.25, -0.2) is 0 Å². The van der Waals surface area contributed by atoms with Crippen molar-refractivity contribution in [2.45, 2.75) is 26.8 Å². The Morgan fingerprint density at radius 3 is 1.87 bits per heavy atom. The summed E-state index contributed by atoms with van der Waals surface area (Å²) >= 11 is 0. The Bertz CT molecular complexity index is 160. The van der Waals surface area contributed by atoms with E-state index in [0.29, 0.717) is 19.8 Å². The Balaban J connectivity index is 4.37. The van der Waals surface area contributed by atoms with Gasteiger partial charge in [-0.05, 0) is 20.8 Å². The van der Waals surface area contributed by atoms with Gasteiger partial charge in [0.05, 0.1) is 0 Å². The summed E-state index contributed by atoms with van der Waals surface area (Å²) < 4.78 is 22.3. The molecule has 0 rings (SSSR count). The van der Waals surface area contributed by atoms with Crippen molar-refractivity contribution in [1.82, 2.24) is 0 Å². The molecule has 0 aliphatic heterocycles. The van der Waals surface area contributed by atoms with Crippen LogP contribution in [0.25, 0.3) is 0 Å². The fourth-order valence-electron chi connectivity index (χ4n) is 1.25. The molecule has 90 valence electrons. The Labute approximate surface area is 98.7 Å². The van der Waals surface area contributed by atoms with Crippen LogP contribution in [0.2, 0.25) is 6.04 Å². The van der Waals surface area contributed by atoms with E-state index in [9.17, 15) is 0 Å². The van der Waals surface area contributed by atoms with Crippen LogP contribution in [0, 0.1) is 0 Å². The second-order valence-electron chi connectivity index (χ2n) is 2.79. The normalized spacial score (nSPS) is 12.5. The van der Waals surface area contributed by atoms with Crippen molar-refractivity contribution < 1.29 is 17.4 Å². The van der Waals surface area contributed by atoms with Gasteiger partial charge in [0.1, 0.15) is 0 Å². The maximum absolute atomic E-state index is 5.69. The molecule has 0 unspecified atom stereocenters. The van der Waals surface area contributed by atoms with Crippen LogP contribution in [0.4, 0.5) is 0 Å². The fourth-order valence-corrected chi connectivity index (χ4v) is 5.48. The van der Waals surface area contributed by atoms with E-state index in [2.05, 4.69) is 5.67 Å². The van der Waals surface area contributed by atoms with Crippen LogP contribution in [-0.2, 0) is 17.4 Å². The summed E-state index contributed by atoms with van der Waals surface area (Å²) in [4.78, 5) is 0. The topological polar surface area (TPSA) is 36.9 Å². The summed E-state index contributed by atoms with van der Waals surface area (Å²) in [6, 6.07) is 0.764. The number of rotatable bonds is 9. The van der Waals surface area contributed by atoms with Gasteiger partial charge < -0.3 is 17.4 Å². The summed E-state index contributed by atoms with van der Waals surface area (Å²) in [7, 11) is -1.66. The van der Waals surface area contributed by atoms with Crippen molar-refractivity contribution in [1.29, 1.82) is 0 Å². The molecule has 0 spiro atoms. The Morgan fingerprint density at radius 1 is 1.07 bits per heavy atom. The number of hydrogen-bond acceptors (Lipinski definition) is 4. The first-order valence-corrected chi connectivity index (χ1v) is 9.23.